The van der Waals surface area contributed by atoms with Crippen molar-refractivity contribution in [1.82, 2.24) is 0 Å². The van der Waals surface area contributed by atoms with E-state index >= 15 is 0 Å². The molecule has 0 atom stereocenters. The lowest BCUT2D eigenvalue weighted by Crippen LogP contribution is -2.62. The van der Waals surface area contributed by atoms with Crippen LogP contribution in [0.2, 0.25) is 0 Å². The van der Waals surface area contributed by atoms with Gasteiger partial charge in [0, 0.05) is 17.0 Å². The molecule has 2 rings (SSSR count). The molecule has 0 aromatic carbocycles. The third-order valence-corrected chi connectivity index (χ3v) is 2.90. The number of hydrogen-bond acceptors (Lipinski definition) is 5. The van der Waals surface area contributed by atoms with Gasteiger partial charge in [0.25, 0.3) is 0 Å². The van der Waals surface area contributed by atoms with Gasteiger partial charge in [-0.25, -0.2) is 0 Å². The van der Waals surface area contributed by atoms with Crippen LogP contribution in [0.15, 0.2) is 29.6 Å². The Morgan fingerprint density at radius 1 is 1.25 bits per heavy atom. The van der Waals surface area contributed by atoms with Crippen LogP contribution in [0.3, 0.4) is 0 Å². The van der Waals surface area contributed by atoms with Gasteiger partial charge in [-0.1, -0.05) is 15.8 Å². The molecule has 2 aromatic heterocycles. The van der Waals surface area contributed by atoms with Crippen LogP contribution in [0.5, 0.6) is 0 Å². The number of rotatable bonds is 3. The number of nitrogens with two attached hydrogens (primary N) is 1. The maximum atomic E-state index is 11.4. The van der Waals surface area contributed by atoms with Crippen molar-refractivity contribution >= 4 is 23.0 Å². The molecular formula is C9H10N4O2S. The summed E-state index contributed by atoms with van der Waals surface area (Å²) >= 11 is 1.57. The van der Waals surface area contributed by atoms with Crippen LogP contribution in [-0.2, 0) is 6.54 Å². The summed E-state index contributed by atoms with van der Waals surface area (Å²) in [5.74, 6) is 0.0503. The average Bonchev–Trinajstić information content (AvgIpc) is 2.78. The van der Waals surface area contributed by atoms with Gasteiger partial charge in [0.1, 0.15) is 6.54 Å². The summed E-state index contributed by atoms with van der Waals surface area (Å²) in [6, 6.07) is 6.72. The largest absolute Gasteiger partial charge is 0.675 e. The van der Waals surface area contributed by atoms with Crippen molar-refractivity contribution < 1.29 is 9.69 Å². The van der Waals surface area contributed by atoms with Crippen molar-refractivity contribution in [1.29, 1.82) is 0 Å². The molecule has 2 aromatic rings. The smallest absolute Gasteiger partial charge is 0.316 e. The van der Waals surface area contributed by atoms with Crippen LogP contribution in [0, 0.1) is 10.4 Å². The number of hydrogen-bond donors (Lipinski definition) is 2. The lowest BCUT2D eigenvalue weighted by molar-refractivity contribution is -1.17. The average molecular weight is 238 g/mol. The van der Waals surface area contributed by atoms with Crippen LogP contribution in [0.25, 0.3) is 0 Å². The van der Waals surface area contributed by atoms with Crippen molar-refractivity contribution in [3.05, 3.63) is 44.9 Å². The minimum atomic E-state index is -0.128. The summed E-state index contributed by atoms with van der Waals surface area (Å²) in [6.45, 7) is 0.504. The molecule has 0 fully saturated rings. The Hall–Kier alpha value is -2.02. The van der Waals surface area contributed by atoms with E-state index in [1.165, 1.54) is 12.1 Å². The molecule has 2 heterocycles. The highest BCUT2D eigenvalue weighted by atomic mass is 32.1. The molecule has 0 radical (unpaired) electrons. The third kappa shape index (κ3) is 1.98. The molecule has 0 saturated heterocycles. The number of nitrogens with zero attached hydrogens (tertiary/aromatic N) is 2. The zero-order valence-electron chi connectivity index (χ0n) is 8.29. The van der Waals surface area contributed by atoms with Gasteiger partial charge < -0.3 is 10.4 Å². The molecule has 16 heavy (non-hydrogen) atoms. The minimum absolute atomic E-state index is 0.0940. The Balaban J connectivity index is 2.13. The molecule has 0 amide bonds. The fourth-order valence-corrected chi connectivity index (χ4v) is 1.86. The quantitative estimate of drug-likeness (QED) is 0.590. The maximum absolute atomic E-state index is 11.4. The first-order chi connectivity index (χ1) is 7.68. The molecule has 0 aliphatic rings. The Kier molecular flexibility index (Phi) is 2.78. The monoisotopic (exact) mass is 238 g/mol. The summed E-state index contributed by atoms with van der Waals surface area (Å²) in [4.78, 5) is 1.36. The highest BCUT2D eigenvalue weighted by Gasteiger charge is 2.10. The fraction of sp³-hybridized carbons (Fsp3) is 0.111. The molecular weight excluding hydrogens is 228 g/mol. The Morgan fingerprint density at radius 3 is 2.75 bits per heavy atom. The topological polar surface area (TPSA) is 91.9 Å². The maximum Gasteiger partial charge on any atom is 0.316 e. The zero-order valence-corrected chi connectivity index (χ0v) is 9.11. The molecule has 0 spiro atoms. The standard InChI is InChI=1S/C9H10N4O2S/c10-8-3-4-9(13(15)12(8)14)11-6-7-2-1-5-16-7/h1-5,11H,6,10H2. The molecule has 0 bridgehead atoms. The molecule has 0 saturated carbocycles. The predicted molar refractivity (Wildman–Crippen MR) is 60.4 cm³/mol. The van der Waals surface area contributed by atoms with Crippen molar-refractivity contribution in [2.45, 2.75) is 6.54 Å². The molecule has 84 valence electrons. The van der Waals surface area contributed by atoms with Crippen LogP contribution < -0.4 is 20.7 Å². The number of aromatic nitrogens is 2. The molecule has 7 heteroatoms. The van der Waals surface area contributed by atoms with E-state index in [1.807, 2.05) is 17.5 Å². The summed E-state index contributed by atoms with van der Waals surface area (Å²) in [6.07, 6.45) is 0. The minimum Gasteiger partial charge on any atom is -0.675 e. The first kappa shape index (κ1) is 10.5. The van der Waals surface area contributed by atoms with Crippen LogP contribution in [0.4, 0.5) is 11.6 Å². The van der Waals surface area contributed by atoms with Gasteiger partial charge in [-0.3, -0.25) is 11.1 Å². The van der Waals surface area contributed by atoms with Crippen molar-refractivity contribution in [2.75, 3.05) is 11.1 Å². The van der Waals surface area contributed by atoms with Crippen LogP contribution in [0.1, 0.15) is 4.88 Å². The second-order valence-electron chi connectivity index (χ2n) is 3.12. The molecule has 3 N–H and O–H groups in total. The first-order valence-electron chi connectivity index (χ1n) is 4.56. The second-order valence-corrected chi connectivity index (χ2v) is 4.15. The van der Waals surface area contributed by atoms with Gasteiger partial charge >= 0.3 is 11.6 Å². The first-order valence-corrected chi connectivity index (χ1v) is 5.44. The number of nitrogens with one attached hydrogen (secondary N) is 1. The summed E-state index contributed by atoms with van der Waals surface area (Å²) in [5.41, 5.74) is 5.28. The highest BCUT2D eigenvalue weighted by Crippen LogP contribution is 2.10. The molecule has 0 aliphatic heterocycles. The van der Waals surface area contributed by atoms with E-state index in [-0.39, 0.29) is 21.3 Å². The Bertz CT molecular complexity index is 487. The second kappa shape index (κ2) is 4.23. The zero-order chi connectivity index (χ0) is 11.5. The van der Waals surface area contributed by atoms with Gasteiger partial charge in [-0.05, 0) is 11.4 Å². The van der Waals surface area contributed by atoms with E-state index in [2.05, 4.69) is 5.32 Å². The number of thiophene rings is 1. The van der Waals surface area contributed by atoms with Gasteiger partial charge in [-0.2, -0.15) is 0 Å². The molecule has 0 aliphatic carbocycles. The lowest BCUT2D eigenvalue weighted by atomic mass is 10.4. The SMILES string of the molecule is Nc1ccc(NCc2cccs2)[n+]([O-])[n+]1[O-]. The fourth-order valence-electron chi connectivity index (χ4n) is 1.21. The van der Waals surface area contributed by atoms with Gasteiger partial charge in [-0.15, -0.1) is 11.3 Å². The summed E-state index contributed by atoms with van der Waals surface area (Å²) in [7, 11) is 0. The molecule has 0 unspecified atom stereocenters. The van der Waals surface area contributed by atoms with Crippen LogP contribution in [-0.4, -0.2) is 0 Å². The Labute approximate surface area is 95.7 Å². The van der Waals surface area contributed by atoms with Crippen molar-refractivity contribution in [3.63, 3.8) is 0 Å². The summed E-state index contributed by atoms with van der Waals surface area (Å²) < 4.78 is 0. The van der Waals surface area contributed by atoms with Gasteiger partial charge in [0.2, 0.25) is 0 Å². The normalized spacial score (nSPS) is 10.2. The van der Waals surface area contributed by atoms with Crippen molar-refractivity contribution in [2.24, 2.45) is 0 Å². The number of anilines is 2. The van der Waals surface area contributed by atoms with Gasteiger partial charge in [0.05, 0.1) is 0 Å². The van der Waals surface area contributed by atoms with Crippen molar-refractivity contribution in [3.8, 4) is 0 Å². The predicted octanol–water partition coefficient (Wildman–Crippen LogP) is 0.209. The van der Waals surface area contributed by atoms with E-state index in [1.54, 1.807) is 11.3 Å². The summed E-state index contributed by atoms with van der Waals surface area (Å²) in [5, 5.41) is 27.3. The van der Waals surface area contributed by atoms with E-state index in [4.69, 9.17) is 5.73 Å². The van der Waals surface area contributed by atoms with E-state index in [9.17, 15) is 10.4 Å². The highest BCUT2D eigenvalue weighted by molar-refractivity contribution is 7.09. The third-order valence-electron chi connectivity index (χ3n) is 2.03. The van der Waals surface area contributed by atoms with E-state index < -0.39 is 0 Å². The van der Waals surface area contributed by atoms with E-state index in [0.29, 0.717) is 6.54 Å². The van der Waals surface area contributed by atoms with Gasteiger partial charge in [0.15, 0.2) is 0 Å². The lowest BCUT2D eigenvalue weighted by Gasteiger charge is -2.12. The van der Waals surface area contributed by atoms with Crippen LogP contribution >= 0.6 is 11.3 Å². The Morgan fingerprint density at radius 2 is 2.06 bits per heavy atom. The molecule has 6 nitrogen and oxygen atoms in total. The van der Waals surface area contributed by atoms with E-state index in [0.717, 1.165) is 4.88 Å². The number of nitrogen functional groups attached to an aromatic ring is 1.